The molecule has 0 spiro atoms. The number of anilines is 1. The average molecular weight is 394 g/mol. The van der Waals surface area contributed by atoms with Crippen molar-refractivity contribution in [2.24, 2.45) is 0 Å². The lowest BCUT2D eigenvalue weighted by Gasteiger charge is -2.21. The maximum absolute atomic E-state index is 12.4. The molecule has 8 heteroatoms. The molecule has 1 aromatic rings. The molecule has 7 nitrogen and oxygen atoms in total. The van der Waals surface area contributed by atoms with Crippen LogP contribution in [0, 0.1) is 0 Å². The lowest BCUT2D eigenvalue weighted by molar-refractivity contribution is -0.144. The van der Waals surface area contributed by atoms with E-state index < -0.39 is 11.9 Å². The first kappa shape index (κ1) is 22.6. The second kappa shape index (κ2) is 10.6. The topological polar surface area (TPSA) is 96.5 Å². The zero-order chi connectivity index (χ0) is 20.4. The van der Waals surface area contributed by atoms with Crippen LogP contribution in [0.2, 0.25) is 0 Å². The van der Waals surface area contributed by atoms with Crippen molar-refractivity contribution in [2.75, 3.05) is 11.9 Å². The van der Waals surface area contributed by atoms with Gasteiger partial charge in [0, 0.05) is 12.0 Å². The number of thiocarbonyl (C=S) groups is 1. The normalized spacial score (nSPS) is 10.7. The minimum absolute atomic E-state index is 0.0149. The van der Waals surface area contributed by atoms with Crippen molar-refractivity contribution in [3.8, 4) is 0 Å². The Morgan fingerprint density at radius 1 is 1.11 bits per heavy atom. The maximum Gasteiger partial charge on any atom is 0.306 e. The monoisotopic (exact) mass is 393 g/mol. The van der Waals surface area contributed by atoms with Crippen molar-refractivity contribution in [1.82, 2.24) is 10.6 Å². The Morgan fingerprint density at radius 3 is 2.41 bits per heavy atom. The summed E-state index contributed by atoms with van der Waals surface area (Å²) in [6, 6.07) is 6.85. The highest BCUT2D eigenvalue weighted by Gasteiger charge is 2.18. The highest BCUT2D eigenvalue weighted by Crippen LogP contribution is 2.16. The zero-order valence-electron chi connectivity index (χ0n) is 16.2. The fourth-order valence-corrected chi connectivity index (χ4v) is 2.27. The van der Waals surface area contributed by atoms with Crippen LogP contribution in [0.15, 0.2) is 24.3 Å². The van der Waals surface area contributed by atoms with Crippen molar-refractivity contribution in [1.29, 1.82) is 0 Å². The molecule has 0 heterocycles. The quantitative estimate of drug-likeness (QED) is 0.487. The molecule has 2 amide bonds. The van der Waals surface area contributed by atoms with Crippen molar-refractivity contribution in [2.45, 2.75) is 52.5 Å². The number of amides is 2. The molecule has 27 heavy (non-hydrogen) atoms. The molecular formula is C19H27N3O4S. The zero-order valence-corrected chi connectivity index (χ0v) is 17.0. The Labute approximate surface area is 165 Å². The minimum atomic E-state index is -0.421. The predicted octanol–water partition coefficient (Wildman–Crippen LogP) is 2.76. The van der Waals surface area contributed by atoms with E-state index in [1.54, 1.807) is 24.3 Å². The molecule has 0 saturated carbocycles. The minimum Gasteiger partial charge on any atom is -0.466 e. The van der Waals surface area contributed by atoms with Gasteiger partial charge in [-0.25, -0.2) is 0 Å². The highest BCUT2D eigenvalue weighted by molar-refractivity contribution is 7.80. The molecule has 0 saturated heterocycles. The van der Waals surface area contributed by atoms with Gasteiger partial charge in [-0.3, -0.25) is 14.4 Å². The van der Waals surface area contributed by atoms with Crippen molar-refractivity contribution in [3.63, 3.8) is 0 Å². The van der Waals surface area contributed by atoms with E-state index in [1.807, 2.05) is 27.7 Å². The van der Waals surface area contributed by atoms with E-state index in [-0.39, 0.29) is 29.4 Å². The average Bonchev–Trinajstić information content (AvgIpc) is 2.56. The van der Waals surface area contributed by atoms with Crippen molar-refractivity contribution >= 4 is 40.8 Å². The van der Waals surface area contributed by atoms with Gasteiger partial charge in [0.1, 0.15) is 0 Å². The summed E-state index contributed by atoms with van der Waals surface area (Å²) in [6.45, 7) is 7.89. The summed E-state index contributed by atoms with van der Waals surface area (Å²) in [7, 11) is 0. The number of carbonyl (C=O) groups is 3. The number of esters is 1. The number of nitrogens with one attached hydrogen (secondary N) is 3. The van der Waals surface area contributed by atoms with Gasteiger partial charge in [-0.1, -0.05) is 19.1 Å². The maximum atomic E-state index is 12.4. The van der Waals surface area contributed by atoms with Gasteiger partial charge in [0.15, 0.2) is 5.11 Å². The first-order chi connectivity index (χ1) is 12.6. The molecule has 0 aliphatic carbocycles. The van der Waals surface area contributed by atoms with Crippen LogP contribution in [0.3, 0.4) is 0 Å². The van der Waals surface area contributed by atoms with Crippen LogP contribution in [-0.2, 0) is 14.3 Å². The Hall–Kier alpha value is -2.48. The Balaban J connectivity index is 2.61. The summed E-state index contributed by atoms with van der Waals surface area (Å²) >= 11 is 5.13. The summed E-state index contributed by atoms with van der Waals surface area (Å²) in [4.78, 5) is 35.7. The van der Waals surface area contributed by atoms with Crippen LogP contribution in [0.5, 0.6) is 0 Å². The molecule has 1 rings (SSSR count). The number of para-hydroxylation sites is 1. The number of ether oxygens (including phenoxy) is 1. The van der Waals surface area contributed by atoms with E-state index in [0.717, 1.165) is 6.42 Å². The third-order valence-corrected chi connectivity index (χ3v) is 3.39. The molecule has 148 valence electrons. The number of hydrogen-bond acceptors (Lipinski definition) is 5. The third kappa shape index (κ3) is 9.14. The van der Waals surface area contributed by atoms with E-state index in [0.29, 0.717) is 17.9 Å². The second-order valence-electron chi connectivity index (χ2n) is 6.97. The summed E-state index contributed by atoms with van der Waals surface area (Å²) < 4.78 is 4.91. The lowest BCUT2D eigenvalue weighted by Crippen LogP contribution is -2.41. The number of benzene rings is 1. The summed E-state index contributed by atoms with van der Waals surface area (Å²) in [5.41, 5.74) is 0.504. The molecule has 0 aliphatic heterocycles. The van der Waals surface area contributed by atoms with Gasteiger partial charge >= 0.3 is 5.97 Å². The molecule has 0 bridgehead atoms. The summed E-state index contributed by atoms with van der Waals surface area (Å²) in [5, 5.41) is 8.28. The van der Waals surface area contributed by atoms with Gasteiger partial charge in [-0.15, -0.1) is 0 Å². The van der Waals surface area contributed by atoms with Gasteiger partial charge in [0.25, 0.3) is 5.91 Å². The molecule has 0 atom stereocenters. The molecule has 0 radical (unpaired) electrons. The van der Waals surface area contributed by atoms with E-state index in [2.05, 4.69) is 16.0 Å². The van der Waals surface area contributed by atoms with E-state index in [1.165, 1.54) is 0 Å². The largest absolute Gasteiger partial charge is 0.466 e. The fraction of sp³-hybridized carbons (Fsp3) is 0.474. The second-order valence-corrected chi connectivity index (χ2v) is 7.38. The van der Waals surface area contributed by atoms with Gasteiger partial charge in [-0.05, 0) is 51.5 Å². The Morgan fingerprint density at radius 2 is 1.78 bits per heavy atom. The van der Waals surface area contributed by atoms with Crippen molar-refractivity contribution in [3.05, 3.63) is 29.8 Å². The van der Waals surface area contributed by atoms with Crippen molar-refractivity contribution < 1.29 is 19.1 Å². The van der Waals surface area contributed by atoms with Crippen LogP contribution in [0.1, 0.15) is 57.3 Å². The van der Waals surface area contributed by atoms with E-state index >= 15 is 0 Å². The van der Waals surface area contributed by atoms with Crippen LogP contribution in [0.4, 0.5) is 5.69 Å². The van der Waals surface area contributed by atoms with Gasteiger partial charge < -0.3 is 20.7 Å². The van der Waals surface area contributed by atoms with Crippen LogP contribution >= 0.6 is 12.2 Å². The molecular weight excluding hydrogens is 366 g/mol. The van der Waals surface area contributed by atoms with Gasteiger partial charge in [0.05, 0.1) is 24.3 Å². The molecule has 1 aromatic carbocycles. The highest BCUT2D eigenvalue weighted by atomic mass is 32.1. The summed E-state index contributed by atoms with van der Waals surface area (Å²) in [6.07, 6.45) is 0.684. The Bertz CT molecular complexity index is 698. The number of carbonyl (C=O) groups excluding carboxylic acids is 3. The molecule has 0 aromatic heterocycles. The first-order valence-corrected chi connectivity index (χ1v) is 9.21. The van der Waals surface area contributed by atoms with Gasteiger partial charge in [-0.2, -0.15) is 0 Å². The standard InChI is InChI=1S/C19H27N3O4S/c1-5-12-26-16(24)11-10-15(23)21-18(27)20-14-9-7-6-8-13(14)17(25)22-19(2,3)4/h6-9H,5,10-12H2,1-4H3,(H,22,25)(H2,20,21,23,27). The van der Waals surface area contributed by atoms with Crippen LogP contribution < -0.4 is 16.0 Å². The van der Waals surface area contributed by atoms with E-state index in [4.69, 9.17) is 17.0 Å². The first-order valence-electron chi connectivity index (χ1n) is 8.80. The van der Waals surface area contributed by atoms with Gasteiger partial charge in [0.2, 0.25) is 5.91 Å². The van der Waals surface area contributed by atoms with Crippen LogP contribution in [0.25, 0.3) is 0 Å². The molecule has 0 fully saturated rings. The van der Waals surface area contributed by atoms with E-state index in [9.17, 15) is 14.4 Å². The molecule has 0 aliphatic rings. The third-order valence-electron chi connectivity index (χ3n) is 3.18. The molecule has 0 unspecified atom stereocenters. The molecule has 3 N–H and O–H groups in total. The number of rotatable bonds is 7. The lowest BCUT2D eigenvalue weighted by atomic mass is 10.1. The van der Waals surface area contributed by atoms with Crippen LogP contribution in [-0.4, -0.2) is 35.0 Å². The summed E-state index contributed by atoms with van der Waals surface area (Å²) in [5.74, 6) is -1.08. The smallest absolute Gasteiger partial charge is 0.306 e. The SMILES string of the molecule is CCCOC(=O)CCC(=O)NC(=S)Nc1ccccc1C(=O)NC(C)(C)C. The Kier molecular flexibility index (Phi) is 8.87. The fourth-order valence-electron chi connectivity index (χ4n) is 2.04. The predicted molar refractivity (Wildman–Crippen MR) is 109 cm³/mol. The number of hydrogen-bond donors (Lipinski definition) is 3.